The van der Waals surface area contributed by atoms with Crippen molar-refractivity contribution in [2.45, 2.75) is 19.3 Å². The number of likely N-dealkylation sites (tertiary alicyclic amines) is 1. The number of amides is 2. The van der Waals surface area contributed by atoms with Crippen LogP contribution in [0.3, 0.4) is 0 Å². The van der Waals surface area contributed by atoms with Crippen LogP contribution in [-0.4, -0.2) is 34.8 Å². The summed E-state index contributed by atoms with van der Waals surface area (Å²) in [6, 6.07) is 5.72. The molecule has 1 aliphatic heterocycles. The van der Waals surface area contributed by atoms with Crippen LogP contribution >= 0.6 is 11.3 Å². The second-order valence-corrected chi connectivity index (χ2v) is 7.05. The van der Waals surface area contributed by atoms with Crippen LogP contribution in [0.25, 0.3) is 10.2 Å². The van der Waals surface area contributed by atoms with E-state index in [4.69, 9.17) is 0 Å². The molecule has 2 aliphatic rings. The molecule has 1 aromatic carbocycles. The lowest BCUT2D eigenvalue weighted by molar-refractivity contribution is -0.128. The van der Waals surface area contributed by atoms with Gasteiger partial charge in [-0.1, -0.05) is 0 Å². The number of benzene rings is 1. The first kappa shape index (κ1) is 13.7. The van der Waals surface area contributed by atoms with Crippen molar-refractivity contribution in [3.8, 4) is 0 Å². The Morgan fingerprint density at radius 2 is 2.27 bits per heavy atom. The maximum absolute atomic E-state index is 12.4. The third kappa shape index (κ3) is 2.70. The fraction of sp³-hybridized carbons (Fsp3) is 0.438. The van der Waals surface area contributed by atoms with Crippen molar-refractivity contribution in [2.75, 3.05) is 18.4 Å². The Morgan fingerprint density at radius 1 is 1.41 bits per heavy atom. The van der Waals surface area contributed by atoms with Crippen molar-refractivity contribution < 1.29 is 9.59 Å². The van der Waals surface area contributed by atoms with E-state index in [9.17, 15) is 9.59 Å². The average molecular weight is 315 g/mol. The number of anilines is 1. The predicted octanol–water partition coefficient (Wildman–Crippen LogP) is 2.49. The number of nitrogens with zero attached hydrogens (tertiary/aromatic N) is 2. The Morgan fingerprint density at radius 3 is 3.09 bits per heavy atom. The van der Waals surface area contributed by atoms with Gasteiger partial charge in [-0.3, -0.25) is 9.59 Å². The zero-order valence-electron chi connectivity index (χ0n) is 12.1. The summed E-state index contributed by atoms with van der Waals surface area (Å²) in [5.41, 5.74) is 3.43. The number of aromatic nitrogens is 1. The molecule has 0 spiro atoms. The van der Waals surface area contributed by atoms with Crippen LogP contribution in [0.15, 0.2) is 23.7 Å². The average Bonchev–Trinajstić information content (AvgIpc) is 3.06. The standard InChI is InChI=1S/C16H17N3O2S/c20-15-5-11(8-19(15)7-10-1-2-10)16(21)18-12-3-4-14-13(6-12)17-9-22-14/h3-4,6,9-11H,1-2,5,7-8H2,(H,18,21). The number of fused-ring (bicyclic) bond motifs is 1. The number of nitrogens with one attached hydrogen (secondary N) is 1. The van der Waals surface area contributed by atoms with E-state index in [1.165, 1.54) is 12.8 Å². The van der Waals surface area contributed by atoms with Gasteiger partial charge in [-0.15, -0.1) is 11.3 Å². The molecule has 1 saturated carbocycles. The fourth-order valence-electron chi connectivity index (χ4n) is 2.92. The Balaban J connectivity index is 1.42. The molecule has 1 aromatic heterocycles. The molecule has 0 radical (unpaired) electrons. The molecule has 2 heterocycles. The maximum atomic E-state index is 12.4. The van der Waals surface area contributed by atoms with Gasteiger partial charge in [0.2, 0.25) is 11.8 Å². The number of carbonyl (C=O) groups excluding carboxylic acids is 2. The molecular weight excluding hydrogens is 298 g/mol. The van der Waals surface area contributed by atoms with Crippen LogP contribution in [0, 0.1) is 11.8 Å². The molecular formula is C16H17N3O2S. The quantitative estimate of drug-likeness (QED) is 0.943. The monoisotopic (exact) mass is 315 g/mol. The van der Waals surface area contributed by atoms with E-state index < -0.39 is 0 Å². The molecule has 0 bridgehead atoms. The van der Waals surface area contributed by atoms with Gasteiger partial charge in [0, 0.05) is 25.2 Å². The van der Waals surface area contributed by atoms with Gasteiger partial charge in [-0.25, -0.2) is 4.98 Å². The lowest BCUT2D eigenvalue weighted by Gasteiger charge is -2.16. The van der Waals surface area contributed by atoms with Crippen molar-refractivity contribution in [1.82, 2.24) is 9.88 Å². The van der Waals surface area contributed by atoms with Crippen LogP contribution in [0.4, 0.5) is 5.69 Å². The summed E-state index contributed by atoms with van der Waals surface area (Å²) in [6.07, 6.45) is 2.76. The molecule has 1 unspecified atom stereocenters. The zero-order chi connectivity index (χ0) is 15.1. The predicted molar refractivity (Wildman–Crippen MR) is 85.7 cm³/mol. The van der Waals surface area contributed by atoms with Crippen LogP contribution < -0.4 is 5.32 Å². The summed E-state index contributed by atoms with van der Waals surface area (Å²) in [5.74, 6) is 0.471. The van der Waals surface area contributed by atoms with Crippen molar-refractivity contribution >= 4 is 39.1 Å². The molecule has 1 N–H and O–H groups in total. The number of carbonyl (C=O) groups is 2. The maximum Gasteiger partial charge on any atom is 0.229 e. The highest BCUT2D eigenvalue weighted by Gasteiger charge is 2.37. The summed E-state index contributed by atoms with van der Waals surface area (Å²) < 4.78 is 1.10. The first-order valence-corrected chi connectivity index (χ1v) is 8.49. The van der Waals surface area contributed by atoms with E-state index in [2.05, 4.69) is 10.3 Å². The van der Waals surface area contributed by atoms with Crippen LogP contribution in [0.2, 0.25) is 0 Å². The molecule has 22 heavy (non-hydrogen) atoms. The highest BCUT2D eigenvalue weighted by molar-refractivity contribution is 7.16. The molecule has 5 nitrogen and oxygen atoms in total. The minimum Gasteiger partial charge on any atom is -0.342 e. The van der Waals surface area contributed by atoms with Gasteiger partial charge in [-0.05, 0) is 37.0 Å². The molecule has 1 saturated heterocycles. The molecule has 2 fully saturated rings. The topological polar surface area (TPSA) is 62.3 Å². The second kappa shape index (κ2) is 5.35. The zero-order valence-corrected chi connectivity index (χ0v) is 12.9. The second-order valence-electron chi connectivity index (χ2n) is 6.17. The first-order valence-electron chi connectivity index (χ1n) is 7.61. The van der Waals surface area contributed by atoms with Gasteiger partial charge in [0.05, 0.1) is 21.6 Å². The Hall–Kier alpha value is -1.95. The van der Waals surface area contributed by atoms with E-state index >= 15 is 0 Å². The van der Waals surface area contributed by atoms with Crippen LogP contribution in [0.1, 0.15) is 19.3 Å². The summed E-state index contributed by atoms with van der Waals surface area (Å²) in [5, 5.41) is 2.92. The molecule has 2 amide bonds. The van der Waals surface area contributed by atoms with Crippen molar-refractivity contribution in [1.29, 1.82) is 0 Å². The largest absolute Gasteiger partial charge is 0.342 e. The van der Waals surface area contributed by atoms with Gasteiger partial charge in [0.1, 0.15) is 0 Å². The SMILES string of the molecule is O=C(Nc1ccc2scnc2c1)C1CC(=O)N(CC2CC2)C1. The molecule has 2 aromatic rings. The number of hydrogen-bond acceptors (Lipinski definition) is 4. The third-order valence-electron chi connectivity index (χ3n) is 4.36. The van der Waals surface area contributed by atoms with Crippen molar-refractivity contribution in [3.05, 3.63) is 23.7 Å². The number of hydrogen-bond donors (Lipinski definition) is 1. The Kier molecular flexibility index (Phi) is 3.33. The van der Waals surface area contributed by atoms with E-state index in [1.54, 1.807) is 16.8 Å². The molecule has 6 heteroatoms. The fourth-order valence-corrected chi connectivity index (χ4v) is 3.58. The van der Waals surface area contributed by atoms with Gasteiger partial charge in [0.15, 0.2) is 0 Å². The summed E-state index contributed by atoms with van der Waals surface area (Å²) in [7, 11) is 0. The first-order chi connectivity index (χ1) is 10.7. The minimum atomic E-state index is -0.239. The normalized spacial score (nSPS) is 21.5. The molecule has 114 valence electrons. The highest BCUT2D eigenvalue weighted by atomic mass is 32.1. The smallest absolute Gasteiger partial charge is 0.229 e. The lowest BCUT2D eigenvalue weighted by Crippen LogP contribution is -2.29. The summed E-state index contributed by atoms with van der Waals surface area (Å²) in [4.78, 5) is 30.5. The Labute approximate surface area is 132 Å². The third-order valence-corrected chi connectivity index (χ3v) is 5.17. The lowest BCUT2D eigenvalue weighted by atomic mass is 10.1. The highest BCUT2D eigenvalue weighted by Crippen LogP contribution is 2.32. The van der Waals surface area contributed by atoms with E-state index in [-0.39, 0.29) is 17.7 Å². The minimum absolute atomic E-state index is 0.0683. The number of rotatable bonds is 4. The molecule has 1 aliphatic carbocycles. The van der Waals surface area contributed by atoms with Crippen molar-refractivity contribution in [2.24, 2.45) is 11.8 Å². The van der Waals surface area contributed by atoms with Gasteiger partial charge in [-0.2, -0.15) is 0 Å². The summed E-state index contributed by atoms with van der Waals surface area (Å²) >= 11 is 1.58. The van der Waals surface area contributed by atoms with Crippen LogP contribution in [0.5, 0.6) is 0 Å². The molecule has 1 atom stereocenters. The van der Waals surface area contributed by atoms with Crippen LogP contribution in [-0.2, 0) is 9.59 Å². The van der Waals surface area contributed by atoms with Gasteiger partial charge in [0.25, 0.3) is 0 Å². The Bertz CT molecular complexity index is 738. The van der Waals surface area contributed by atoms with Gasteiger partial charge < -0.3 is 10.2 Å². The van der Waals surface area contributed by atoms with E-state index in [0.717, 1.165) is 22.4 Å². The molecule has 4 rings (SSSR count). The van der Waals surface area contributed by atoms with E-state index in [1.807, 2.05) is 23.1 Å². The van der Waals surface area contributed by atoms with Gasteiger partial charge >= 0.3 is 0 Å². The van der Waals surface area contributed by atoms with Crippen molar-refractivity contribution in [3.63, 3.8) is 0 Å². The number of thiazole rings is 1. The summed E-state index contributed by atoms with van der Waals surface area (Å²) in [6.45, 7) is 1.38. The van der Waals surface area contributed by atoms with E-state index in [0.29, 0.717) is 18.9 Å².